The highest BCUT2D eigenvalue weighted by atomic mass is 32.2. The van der Waals surface area contributed by atoms with E-state index in [4.69, 9.17) is 0 Å². The summed E-state index contributed by atoms with van der Waals surface area (Å²) in [7, 11) is 2.12. The highest BCUT2D eigenvalue weighted by Gasteiger charge is 2.14. The third kappa shape index (κ3) is 5.37. The first-order valence-electron chi connectivity index (χ1n) is 6.87. The molecule has 0 N–H and O–H groups in total. The van der Waals surface area contributed by atoms with Gasteiger partial charge in [-0.2, -0.15) is 11.8 Å². The molecule has 1 aromatic rings. The molecule has 1 unspecified atom stereocenters. The van der Waals surface area contributed by atoms with Crippen LogP contribution in [0.5, 0.6) is 0 Å². The first-order chi connectivity index (χ1) is 9.08. The standard InChI is InChI=1S/C16H25NOS/c1-5-15(12-19-4)17(3)11-10-16(18)14-8-6-13(2)7-9-14/h6-9,15H,5,10-12H2,1-4H3. The summed E-state index contributed by atoms with van der Waals surface area (Å²) in [6.07, 6.45) is 3.87. The second-order valence-corrected chi connectivity index (χ2v) is 5.95. The fraction of sp³-hybridized carbons (Fsp3) is 0.562. The zero-order chi connectivity index (χ0) is 14.3. The van der Waals surface area contributed by atoms with Crippen LogP contribution in [0.2, 0.25) is 0 Å². The Bertz CT molecular complexity index is 388. The van der Waals surface area contributed by atoms with Crippen molar-refractivity contribution in [1.29, 1.82) is 0 Å². The van der Waals surface area contributed by atoms with Gasteiger partial charge in [0.2, 0.25) is 0 Å². The van der Waals surface area contributed by atoms with Crippen LogP contribution >= 0.6 is 11.8 Å². The van der Waals surface area contributed by atoms with E-state index in [2.05, 4.69) is 25.1 Å². The van der Waals surface area contributed by atoms with Gasteiger partial charge in [0.15, 0.2) is 5.78 Å². The number of aryl methyl sites for hydroxylation is 1. The van der Waals surface area contributed by atoms with Gasteiger partial charge in [0.05, 0.1) is 0 Å². The SMILES string of the molecule is CCC(CSC)N(C)CCC(=O)c1ccc(C)cc1. The molecule has 0 aliphatic rings. The highest BCUT2D eigenvalue weighted by molar-refractivity contribution is 7.98. The first kappa shape index (κ1) is 16.3. The zero-order valence-corrected chi connectivity index (χ0v) is 13.3. The number of nitrogens with zero attached hydrogens (tertiary/aromatic N) is 1. The van der Waals surface area contributed by atoms with Gasteiger partial charge in [0, 0.05) is 30.3 Å². The van der Waals surface area contributed by atoms with Crippen LogP contribution in [0.4, 0.5) is 0 Å². The topological polar surface area (TPSA) is 20.3 Å². The number of rotatable bonds is 8. The highest BCUT2D eigenvalue weighted by Crippen LogP contribution is 2.11. The maximum atomic E-state index is 12.1. The van der Waals surface area contributed by atoms with E-state index in [-0.39, 0.29) is 5.78 Å². The zero-order valence-electron chi connectivity index (χ0n) is 12.5. The Balaban J connectivity index is 2.47. The summed E-state index contributed by atoms with van der Waals surface area (Å²) in [5.41, 5.74) is 2.02. The number of thioether (sulfide) groups is 1. The van der Waals surface area contributed by atoms with E-state index in [1.54, 1.807) is 0 Å². The molecule has 0 amide bonds. The molecule has 1 atom stereocenters. The lowest BCUT2D eigenvalue weighted by Gasteiger charge is -2.26. The minimum atomic E-state index is 0.242. The number of hydrogen-bond acceptors (Lipinski definition) is 3. The van der Waals surface area contributed by atoms with Crippen LogP contribution in [0.1, 0.15) is 35.7 Å². The lowest BCUT2D eigenvalue weighted by atomic mass is 10.1. The third-order valence-corrected chi connectivity index (χ3v) is 4.24. The molecule has 0 aromatic heterocycles. The lowest BCUT2D eigenvalue weighted by molar-refractivity contribution is 0.0962. The van der Waals surface area contributed by atoms with E-state index in [1.165, 1.54) is 5.56 Å². The molecule has 0 bridgehead atoms. The predicted molar refractivity (Wildman–Crippen MR) is 85.2 cm³/mol. The molecule has 0 spiro atoms. The number of ketones is 1. The van der Waals surface area contributed by atoms with E-state index >= 15 is 0 Å². The molecule has 1 aromatic carbocycles. The van der Waals surface area contributed by atoms with Gasteiger partial charge >= 0.3 is 0 Å². The third-order valence-electron chi connectivity index (χ3n) is 3.52. The minimum absolute atomic E-state index is 0.242. The first-order valence-corrected chi connectivity index (χ1v) is 8.27. The molecule has 19 heavy (non-hydrogen) atoms. The molecule has 0 saturated heterocycles. The van der Waals surface area contributed by atoms with Crippen LogP contribution in [-0.4, -0.2) is 42.3 Å². The van der Waals surface area contributed by atoms with Crippen LogP contribution < -0.4 is 0 Å². The maximum Gasteiger partial charge on any atom is 0.164 e. The molecule has 106 valence electrons. The van der Waals surface area contributed by atoms with E-state index in [0.717, 1.165) is 24.3 Å². The van der Waals surface area contributed by atoms with E-state index in [9.17, 15) is 4.79 Å². The number of benzene rings is 1. The van der Waals surface area contributed by atoms with Crippen molar-refractivity contribution in [2.24, 2.45) is 0 Å². The molecule has 0 heterocycles. The summed E-state index contributed by atoms with van der Waals surface area (Å²) in [5, 5.41) is 0. The summed E-state index contributed by atoms with van der Waals surface area (Å²) < 4.78 is 0. The van der Waals surface area contributed by atoms with Gasteiger partial charge in [-0.3, -0.25) is 4.79 Å². The van der Waals surface area contributed by atoms with Gasteiger partial charge < -0.3 is 4.90 Å². The number of carbonyl (C=O) groups excluding carboxylic acids is 1. The molecule has 0 radical (unpaired) electrons. The Morgan fingerprint density at radius 3 is 2.47 bits per heavy atom. The molecule has 2 nitrogen and oxygen atoms in total. The van der Waals surface area contributed by atoms with Crippen LogP contribution in [0.15, 0.2) is 24.3 Å². The average molecular weight is 279 g/mol. The van der Waals surface area contributed by atoms with E-state index < -0.39 is 0 Å². The van der Waals surface area contributed by atoms with Crippen LogP contribution in [0.25, 0.3) is 0 Å². The predicted octanol–water partition coefficient (Wildman–Crippen LogP) is 3.64. The van der Waals surface area contributed by atoms with E-state index in [0.29, 0.717) is 12.5 Å². The van der Waals surface area contributed by atoms with Gasteiger partial charge in [-0.15, -0.1) is 0 Å². The van der Waals surface area contributed by atoms with Gasteiger partial charge in [-0.1, -0.05) is 36.8 Å². The molecule has 0 saturated carbocycles. The second-order valence-electron chi connectivity index (χ2n) is 5.04. The Morgan fingerprint density at radius 1 is 1.32 bits per heavy atom. The lowest BCUT2D eigenvalue weighted by Crippen LogP contribution is -2.34. The van der Waals surface area contributed by atoms with Crippen molar-refractivity contribution >= 4 is 17.5 Å². The fourth-order valence-corrected chi connectivity index (χ4v) is 2.97. The Kier molecular flexibility index (Phi) is 7.17. The normalized spacial score (nSPS) is 12.7. The number of hydrogen-bond donors (Lipinski definition) is 0. The molecular formula is C16H25NOS. The summed E-state index contributed by atoms with van der Waals surface area (Å²) in [6.45, 7) is 5.08. The minimum Gasteiger partial charge on any atom is -0.302 e. The molecule has 3 heteroatoms. The van der Waals surface area contributed by atoms with Gasteiger partial charge in [0.1, 0.15) is 0 Å². The molecule has 1 rings (SSSR count). The summed E-state index contributed by atoms with van der Waals surface area (Å²) in [6, 6.07) is 8.42. The molecule has 0 aliphatic carbocycles. The van der Waals surface area contributed by atoms with Gasteiger partial charge in [-0.25, -0.2) is 0 Å². The number of carbonyl (C=O) groups is 1. The Morgan fingerprint density at radius 2 is 1.95 bits per heavy atom. The van der Waals surface area contributed by atoms with Gasteiger partial charge in [-0.05, 0) is 26.6 Å². The molecular weight excluding hydrogens is 254 g/mol. The van der Waals surface area contributed by atoms with Crippen molar-refractivity contribution in [2.75, 3.05) is 25.6 Å². The Labute approximate surface area is 121 Å². The van der Waals surface area contributed by atoms with Gasteiger partial charge in [0.25, 0.3) is 0 Å². The quantitative estimate of drug-likeness (QED) is 0.678. The molecule has 0 fully saturated rings. The van der Waals surface area contributed by atoms with E-state index in [1.807, 2.05) is 43.0 Å². The average Bonchev–Trinajstić information content (AvgIpc) is 2.42. The van der Waals surface area contributed by atoms with Crippen LogP contribution in [0, 0.1) is 6.92 Å². The summed E-state index contributed by atoms with van der Waals surface area (Å²) in [5.74, 6) is 1.37. The van der Waals surface area contributed by atoms with Crippen molar-refractivity contribution < 1.29 is 4.79 Å². The van der Waals surface area contributed by atoms with Crippen molar-refractivity contribution in [3.63, 3.8) is 0 Å². The maximum absolute atomic E-state index is 12.1. The van der Waals surface area contributed by atoms with Crippen molar-refractivity contribution in [2.45, 2.75) is 32.7 Å². The smallest absolute Gasteiger partial charge is 0.164 e. The monoisotopic (exact) mass is 279 g/mol. The van der Waals surface area contributed by atoms with Crippen molar-refractivity contribution in [3.05, 3.63) is 35.4 Å². The molecule has 0 aliphatic heterocycles. The number of Topliss-reactive ketones (excluding diaryl/α,β-unsaturated/α-hetero) is 1. The van der Waals surface area contributed by atoms with Crippen LogP contribution in [0.3, 0.4) is 0 Å². The second kappa shape index (κ2) is 8.39. The van der Waals surface area contributed by atoms with Crippen molar-refractivity contribution in [1.82, 2.24) is 4.90 Å². The fourth-order valence-electron chi connectivity index (χ4n) is 2.09. The van der Waals surface area contributed by atoms with Crippen LogP contribution in [-0.2, 0) is 0 Å². The Hall–Kier alpha value is -0.800. The summed E-state index contributed by atoms with van der Waals surface area (Å²) >= 11 is 1.87. The largest absolute Gasteiger partial charge is 0.302 e. The van der Waals surface area contributed by atoms with Crippen molar-refractivity contribution in [3.8, 4) is 0 Å². The summed E-state index contributed by atoms with van der Waals surface area (Å²) in [4.78, 5) is 14.4.